The van der Waals surface area contributed by atoms with E-state index in [2.05, 4.69) is 39.8 Å². The number of hydrogen-bond donors (Lipinski definition) is 1. The zero-order valence-electron chi connectivity index (χ0n) is 10.5. The van der Waals surface area contributed by atoms with E-state index in [1.165, 1.54) is 9.75 Å². The highest BCUT2D eigenvalue weighted by Gasteiger charge is 2.20. The molecule has 1 aromatic heterocycles. The van der Waals surface area contributed by atoms with Crippen LogP contribution in [0, 0.1) is 5.92 Å². The lowest BCUT2D eigenvalue weighted by molar-refractivity contribution is -0.118. The normalized spacial score (nSPS) is 13.4. The van der Waals surface area contributed by atoms with Crippen molar-refractivity contribution in [2.24, 2.45) is 11.7 Å². The van der Waals surface area contributed by atoms with Crippen molar-refractivity contribution in [1.29, 1.82) is 0 Å². The van der Waals surface area contributed by atoms with Gasteiger partial charge >= 0.3 is 0 Å². The molecular formula is C13H21NOS. The Morgan fingerprint density at radius 2 is 1.81 bits per heavy atom. The second-order valence-electron chi connectivity index (χ2n) is 4.92. The highest BCUT2D eigenvalue weighted by atomic mass is 32.1. The third-order valence-corrected chi connectivity index (χ3v) is 4.33. The van der Waals surface area contributed by atoms with Crippen molar-refractivity contribution < 1.29 is 4.79 Å². The number of rotatable bonds is 5. The number of carbonyl (C=O) groups is 1. The molecule has 0 fully saturated rings. The van der Waals surface area contributed by atoms with Crippen LogP contribution in [-0.2, 0) is 4.79 Å². The zero-order chi connectivity index (χ0) is 12.3. The summed E-state index contributed by atoms with van der Waals surface area (Å²) in [5.41, 5.74) is 5.30. The van der Waals surface area contributed by atoms with Gasteiger partial charge in [-0.25, -0.2) is 0 Å². The zero-order valence-corrected chi connectivity index (χ0v) is 11.3. The smallest absolute Gasteiger partial charge is 0.218 e. The van der Waals surface area contributed by atoms with E-state index in [0.717, 1.165) is 0 Å². The average molecular weight is 239 g/mol. The van der Waals surface area contributed by atoms with E-state index in [1.807, 2.05) is 11.3 Å². The van der Waals surface area contributed by atoms with Crippen molar-refractivity contribution in [1.82, 2.24) is 0 Å². The van der Waals surface area contributed by atoms with Gasteiger partial charge in [0.05, 0.1) is 0 Å². The van der Waals surface area contributed by atoms with Crippen LogP contribution in [0.2, 0.25) is 0 Å². The Labute approximate surface area is 102 Å². The minimum Gasteiger partial charge on any atom is -0.370 e. The lowest BCUT2D eigenvalue weighted by Gasteiger charge is -2.17. The van der Waals surface area contributed by atoms with Crippen LogP contribution in [-0.4, -0.2) is 5.91 Å². The SMILES string of the molecule is CC(C)c1ccc(C(CC(N)=O)C(C)C)s1. The molecule has 0 saturated heterocycles. The van der Waals surface area contributed by atoms with Gasteiger partial charge < -0.3 is 5.73 Å². The van der Waals surface area contributed by atoms with Crippen LogP contribution in [0.5, 0.6) is 0 Å². The fourth-order valence-corrected chi connectivity index (χ4v) is 3.05. The van der Waals surface area contributed by atoms with Crippen molar-refractivity contribution >= 4 is 17.2 Å². The Bertz CT molecular complexity index is 355. The minimum atomic E-state index is -0.210. The molecule has 16 heavy (non-hydrogen) atoms. The van der Waals surface area contributed by atoms with Gasteiger partial charge in [0.15, 0.2) is 0 Å². The maximum Gasteiger partial charge on any atom is 0.218 e. The molecule has 0 radical (unpaired) electrons. The average Bonchev–Trinajstić information content (AvgIpc) is 2.61. The first-order chi connectivity index (χ1) is 7.41. The number of amides is 1. The molecule has 1 unspecified atom stereocenters. The first-order valence-electron chi connectivity index (χ1n) is 5.79. The Morgan fingerprint density at radius 3 is 2.19 bits per heavy atom. The number of carbonyl (C=O) groups excluding carboxylic acids is 1. The first-order valence-corrected chi connectivity index (χ1v) is 6.61. The van der Waals surface area contributed by atoms with E-state index in [9.17, 15) is 4.79 Å². The monoisotopic (exact) mass is 239 g/mol. The Morgan fingerprint density at radius 1 is 1.25 bits per heavy atom. The van der Waals surface area contributed by atoms with E-state index >= 15 is 0 Å². The Kier molecular flexibility index (Phi) is 4.54. The predicted octanol–water partition coefficient (Wildman–Crippen LogP) is 3.49. The number of hydrogen-bond acceptors (Lipinski definition) is 2. The molecule has 0 spiro atoms. The Balaban J connectivity index is 2.88. The van der Waals surface area contributed by atoms with Crippen LogP contribution in [0.4, 0.5) is 0 Å². The molecule has 1 amide bonds. The first kappa shape index (κ1) is 13.2. The quantitative estimate of drug-likeness (QED) is 0.839. The summed E-state index contributed by atoms with van der Waals surface area (Å²) >= 11 is 1.81. The minimum absolute atomic E-state index is 0.210. The highest BCUT2D eigenvalue weighted by molar-refractivity contribution is 7.12. The van der Waals surface area contributed by atoms with Crippen LogP contribution in [0.3, 0.4) is 0 Å². The second-order valence-corrected chi connectivity index (χ2v) is 6.06. The molecule has 1 heterocycles. The summed E-state index contributed by atoms with van der Waals surface area (Å²) in [5, 5.41) is 0. The van der Waals surface area contributed by atoms with Crippen molar-refractivity contribution in [3.63, 3.8) is 0 Å². The molecule has 0 aliphatic heterocycles. The molecule has 0 saturated carbocycles. The Hall–Kier alpha value is -0.830. The van der Waals surface area contributed by atoms with Crippen molar-refractivity contribution in [2.75, 3.05) is 0 Å². The topological polar surface area (TPSA) is 43.1 Å². The van der Waals surface area contributed by atoms with Crippen LogP contribution >= 0.6 is 11.3 Å². The maximum absolute atomic E-state index is 11.1. The van der Waals surface area contributed by atoms with Crippen LogP contribution in [0.1, 0.15) is 55.7 Å². The summed E-state index contributed by atoms with van der Waals surface area (Å²) in [4.78, 5) is 13.7. The van der Waals surface area contributed by atoms with Crippen LogP contribution in [0.15, 0.2) is 12.1 Å². The molecule has 0 bridgehead atoms. The third kappa shape index (κ3) is 3.34. The molecule has 0 aromatic carbocycles. The van der Waals surface area contributed by atoms with Gasteiger partial charge in [0, 0.05) is 22.1 Å². The van der Waals surface area contributed by atoms with Gasteiger partial charge in [0.1, 0.15) is 0 Å². The summed E-state index contributed by atoms with van der Waals surface area (Å²) in [6, 6.07) is 4.31. The largest absolute Gasteiger partial charge is 0.370 e. The van der Waals surface area contributed by atoms with Gasteiger partial charge in [-0.05, 0) is 24.0 Å². The second kappa shape index (κ2) is 5.48. The van der Waals surface area contributed by atoms with E-state index in [4.69, 9.17) is 5.73 Å². The number of nitrogens with two attached hydrogens (primary N) is 1. The molecule has 2 nitrogen and oxygen atoms in total. The van der Waals surface area contributed by atoms with E-state index < -0.39 is 0 Å². The van der Waals surface area contributed by atoms with Gasteiger partial charge in [0.2, 0.25) is 5.91 Å². The molecule has 0 aliphatic rings. The van der Waals surface area contributed by atoms with E-state index in [0.29, 0.717) is 18.3 Å². The molecule has 1 rings (SSSR count). The summed E-state index contributed by atoms with van der Waals surface area (Å²) < 4.78 is 0. The molecule has 3 heteroatoms. The van der Waals surface area contributed by atoms with Crippen LogP contribution in [0.25, 0.3) is 0 Å². The fraction of sp³-hybridized carbons (Fsp3) is 0.615. The van der Waals surface area contributed by atoms with E-state index in [-0.39, 0.29) is 11.8 Å². The summed E-state index contributed by atoms with van der Waals surface area (Å²) in [5.74, 6) is 1.07. The van der Waals surface area contributed by atoms with E-state index in [1.54, 1.807) is 0 Å². The highest BCUT2D eigenvalue weighted by Crippen LogP contribution is 2.35. The van der Waals surface area contributed by atoms with Crippen molar-refractivity contribution in [2.45, 2.75) is 46.0 Å². The standard InChI is InChI=1S/C13H21NOS/c1-8(2)10(7-13(14)15)12-6-5-11(16-12)9(3)4/h5-6,8-10H,7H2,1-4H3,(H2,14,15). The lowest BCUT2D eigenvalue weighted by Crippen LogP contribution is -2.17. The molecule has 2 N–H and O–H groups in total. The summed E-state index contributed by atoms with van der Waals surface area (Å²) in [7, 11) is 0. The predicted molar refractivity (Wildman–Crippen MR) is 69.8 cm³/mol. The third-order valence-electron chi connectivity index (χ3n) is 2.81. The molecule has 0 aliphatic carbocycles. The van der Waals surface area contributed by atoms with Crippen molar-refractivity contribution in [3.05, 3.63) is 21.9 Å². The van der Waals surface area contributed by atoms with Crippen molar-refractivity contribution in [3.8, 4) is 0 Å². The van der Waals surface area contributed by atoms with Gasteiger partial charge in [-0.2, -0.15) is 0 Å². The van der Waals surface area contributed by atoms with Gasteiger partial charge in [-0.3, -0.25) is 4.79 Å². The maximum atomic E-state index is 11.1. The van der Waals surface area contributed by atoms with Gasteiger partial charge in [-0.15, -0.1) is 11.3 Å². The summed E-state index contributed by atoms with van der Waals surface area (Å²) in [6.45, 7) is 8.66. The molecular weight excluding hydrogens is 218 g/mol. The van der Waals surface area contributed by atoms with Gasteiger partial charge in [-0.1, -0.05) is 27.7 Å². The molecule has 90 valence electrons. The number of thiophene rings is 1. The lowest BCUT2D eigenvalue weighted by atomic mass is 9.91. The summed E-state index contributed by atoms with van der Waals surface area (Å²) in [6.07, 6.45) is 0.454. The molecule has 1 atom stereocenters. The van der Waals surface area contributed by atoms with Crippen LogP contribution < -0.4 is 5.73 Å². The van der Waals surface area contributed by atoms with Gasteiger partial charge in [0.25, 0.3) is 0 Å². The molecule has 1 aromatic rings. The fourth-order valence-electron chi connectivity index (χ4n) is 1.76. The number of primary amides is 1.